The Morgan fingerprint density at radius 3 is 2.74 bits per heavy atom. The number of aryl methyl sites for hydroxylation is 1. The molecule has 0 bridgehead atoms. The predicted octanol–water partition coefficient (Wildman–Crippen LogP) is 3.60. The maximum Gasteiger partial charge on any atom is 0.144 e. The van der Waals surface area contributed by atoms with Gasteiger partial charge in [-0.2, -0.15) is 4.40 Å². The van der Waals surface area contributed by atoms with E-state index in [-0.39, 0.29) is 4.75 Å². The lowest BCUT2D eigenvalue weighted by molar-refractivity contribution is 0.650. The molecule has 1 aromatic heterocycles. The van der Waals surface area contributed by atoms with Crippen LogP contribution in [0.5, 0.6) is 0 Å². The van der Waals surface area contributed by atoms with Crippen LogP contribution in [-0.4, -0.2) is 20.2 Å². The zero-order valence-corrected chi connectivity index (χ0v) is 14.0. The third-order valence-corrected chi connectivity index (χ3v) is 5.12. The summed E-state index contributed by atoms with van der Waals surface area (Å²) < 4.78 is 16.8. The molecule has 0 aliphatic heterocycles. The molecule has 19 heavy (non-hydrogen) atoms. The highest BCUT2D eigenvalue weighted by Gasteiger charge is 2.19. The molecular weight excluding hydrogens is 324 g/mol. The van der Waals surface area contributed by atoms with Gasteiger partial charge < -0.3 is 0 Å². The number of aromatic nitrogens is 1. The zero-order chi connectivity index (χ0) is 14.0. The lowest BCUT2D eigenvalue weighted by Gasteiger charge is -2.17. The molecular formula is C14H19BrN2OS. The molecule has 0 saturated carbocycles. The Morgan fingerprint density at radius 2 is 2.05 bits per heavy atom. The first kappa shape index (κ1) is 14.9. The van der Waals surface area contributed by atoms with Crippen molar-refractivity contribution in [2.75, 3.05) is 0 Å². The molecule has 0 aromatic carbocycles. The van der Waals surface area contributed by atoms with Gasteiger partial charge >= 0.3 is 0 Å². The van der Waals surface area contributed by atoms with Gasteiger partial charge in [0.2, 0.25) is 0 Å². The average molecular weight is 343 g/mol. The van der Waals surface area contributed by atoms with Crippen molar-refractivity contribution in [1.29, 1.82) is 0 Å². The Hall–Kier alpha value is -0.550. The molecule has 0 radical (unpaired) electrons. The Labute approximate surface area is 125 Å². The van der Waals surface area contributed by atoms with E-state index in [1.807, 2.05) is 26.8 Å². The van der Waals surface area contributed by atoms with Crippen molar-refractivity contribution in [3.05, 3.63) is 27.5 Å². The molecule has 1 unspecified atom stereocenters. The summed E-state index contributed by atoms with van der Waals surface area (Å²) in [6.07, 6.45) is 6.17. The third kappa shape index (κ3) is 3.72. The van der Waals surface area contributed by atoms with E-state index in [1.165, 1.54) is 18.4 Å². The molecule has 0 spiro atoms. The van der Waals surface area contributed by atoms with Gasteiger partial charge in [0.25, 0.3) is 0 Å². The minimum atomic E-state index is -1.23. The highest BCUT2D eigenvalue weighted by Crippen LogP contribution is 2.27. The van der Waals surface area contributed by atoms with Crippen LogP contribution in [0.15, 0.2) is 14.9 Å². The molecule has 1 heterocycles. The Balaban J connectivity index is 2.25. The summed E-state index contributed by atoms with van der Waals surface area (Å²) in [6, 6.07) is 1.97. The van der Waals surface area contributed by atoms with Gasteiger partial charge in [-0.1, -0.05) is 15.9 Å². The van der Waals surface area contributed by atoms with Crippen LogP contribution in [0.4, 0.5) is 0 Å². The highest BCUT2D eigenvalue weighted by molar-refractivity contribution is 9.10. The van der Waals surface area contributed by atoms with E-state index >= 15 is 0 Å². The van der Waals surface area contributed by atoms with Gasteiger partial charge in [0, 0.05) is 10.2 Å². The highest BCUT2D eigenvalue weighted by atomic mass is 79.9. The van der Waals surface area contributed by atoms with Gasteiger partial charge in [-0.05, 0) is 58.1 Å². The molecule has 1 aromatic rings. The molecule has 2 rings (SSSR count). The minimum Gasteiger partial charge on any atom is -0.251 e. The van der Waals surface area contributed by atoms with Crippen LogP contribution in [0, 0.1) is 0 Å². The lowest BCUT2D eigenvalue weighted by Crippen LogP contribution is -2.19. The summed E-state index contributed by atoms with van der Waals surface area (Å²) in [4.78, 5) is 4.61. The lowest BCUT2D eigenvalue weighted by atomic mass is 9.96. The molecule has 1 aliphatic carbocycles. The maximum atomic E-state index is 11.9. The van der Waals surface area contributed by atoms with Gasteiger partial charge in [-0.25, -0.2) is 4.21 Å². The van der Waals surface area contributed by atoms with Crippen molar-refractivity contribution in [1.82, 2.24) is 4.98 Å². The molecule has 0 amide bonds. The fourth-order valence-electron chi connectivity index (χ4n) is 2.00. The smallest absolute Gasteiger partial charge is 0.144 e. The molecule has 3 nitrogen and oxygen atoms in total. The van der Waals surface area contributed by atoms with E-state index < -0.39 is 11.0 Å². The van der Waals surface area contributed by atoms with E-state index in [9.17, 15) is 4.21 Å². The predicted molar refractivity (Wildman–Crippen MR) is 84.1 cm³/mol. The Bertz CT molecular complexity index is 535. The average Bonchev–Trinajstić information content (AvgIpc) is 2.35. The second kappa shape index (κ2) is 5.83. The normalized spacial score (nSPS) is 17.5. The fraction of sp³-hybridized carbons (Fsp3) is 0.571. The summed E-state index contributed by atoms with van der Waals surface area (Å²) in [5, 5.41) is 0. The first-order valence-electron chi connectivity index (χ1n) is 6.52. The fourth-order valence-corrected chi connectivity index (χ4v) is 3.18. The van der Waals surface area contributed by atoms with Crippen molar-refractivity contribution < 1.29 is 4.21 Å². The zero-order valence-electron chi connectivity index (χ0n) is 11.6. The Morgan fingerprint density at radius 1 is 1.37 bits per heavy atom. The van der Waals surface area contributed by atoms with Crippen LogP contribution in [0.2, 0.25) is 0 Å². The quantitative estimate of drug-likeness (QED) is 0.770. The van der Waals surface area contributed by atoms with Crippen molar-refractivity contribution in [2.24, 2.45) is 4.40 Å². The maximum absolute atomic E-state index is 11.9. The van der Waals surface area contributed by atoms with Crippen molar-refractivity contribution in [2.45, 2.75) is 51.2 Å². The number of halogens is 1. The van der Waals surface area contributed by atoms with Crippen LogP contribution in [0.25, 0.3) is 0 Å². The van der Waals surface area contributed by atoms with Crippen LogP contribution >= 0.6 is 15.9 Å². The third-order valence-electron chi connectivity index (χ3n) is 3.07. The van der Waals surface area contributed by atoms with Gasteiger partial charge in [0.15, 0.2) is 0 Å². The van der Waals surface area contributed by atoms with Crippen molar-refractivity contribution in [3.63, 3.8) is 0 Å². The number of pyridine rings is 1. The van der Waals surface area contributed by atoms with E-state index in [0.29, 0.717) is 0 Å². The van der Waals surface area contributed by atoms with E-state index in [1.54, 1.807) is 6.21 Å². The molecule has 0 saturated heterocycles. The standard InChI is InChI=1S/C14H19BrN2OS/c1-14(2,3)19(18)16-9-10-8-12(15)11-6-4-5-7-13(11)17-10/h8-9H,4-7H2,1-3H3. The molecule has 0 N–H and O–H groups in total. The number of rotatable bonds is 2. The number of hydrogen-bond acceptors (Lipinski definition) is 2. The van der Waals surface area contributed by atoms with Crippen LogP contribution < -0.4 is 0 Å². The molecule has 1 atom stereocenters. The number of nitrogens with zero attached hydrogens (tertiary/aromatic N) is 2. The monoisotopic (exact) mass is 342 g/mol. The van der Waals surface area contributed by atoms with E-state index in [2.05, 4.69) is 25.3 Å². The topological polar surface area (TPSA) is 42.3 Å². The van der Waals surface area contributed by atoms with Gasteiger partial charge in [-0.15, -0.1) is 0 Å². The second-order valence-electron chi connectivity index (χ2n) is 5.76. The minimum absolute atomic E-state index is 0.331. The van der Waals surface area contributed by atoms with Gasteiger partial charge in [0.1, 0.15) is 11.0 Å². The van der Waals surface area contributed by atoms with E-state index in [0.717, 1.165) is 28.7 Å². The van der Waals surface area contributed by atoms with Crippen molar-refractivity contribution >= 4 is 33.1 Å². The van der Waals surface area contributed by atoms with Crippen LogP contribution in [-0.2, 0) is 23.8 Å². The summed E-state index contributed by atoms with van der Waals surface area (Å²) in [5.41, 5.74) is 3.26. The van der Waals surface area contributed by atoms with Crippen LogP contribution in [0.1, 0.15) is 50.6 Å². The molecule has 0 fully saturated rings. The van der Waals surface area contributed by atoms with Crippen molar-refractivity contribution in [3.8, 4) is 0 Å². The second-order valence-corrected chi connectivity index (χ2v) is 8.55. The summed E-state index contributed by atoms with van der Waals surface area (Å²) in [5.74, 6) is 0. The SMILES string of the molecule is CC(C)(C)S(=O)N=Cc1cc(Br)c2c(n1)CCCC2. The first-order valence-corrected chi connectivity index (χ1v) is 8.42. The summed E-state index contributed by atoms with van der Waals surface area (Å²) in [7, 11) is -1.23. The van der Waals surface area contributed by atoms with E-state index in [4.69, 9.17) is 0 Å². The summed E-state index contributed by atoms with van der Waals surface area (Å²) >= 11 is 3.60. The number of hydrogen-bond donors (Lipinski definition) is 0. The molecule has 104 valence electrons. The first-order chi connectivity index (χ1) is 8.88. The summed E-state index contributed by atoms with van der Waals surface area (Å²) in [6.45, 7) is 5.74. The molecule has 5 heteroatoms. The Kier molecular flexibility index (Phi) is 4.56. The van der Waals surface area contributed by atoms with Gasteiger partial charge in [-0.3, -0.25) is 4.98 Å². The van der Waals surface area contributed by atoms with Gasteiger partial charge in [0.05, 0.1) is 16.7 Å². The number of fused-ring (bicyclic) bond motifs is 1. The molecule has 1 aliphatic rings. The largest absolute Gasteiger partial charge is 0.251 e. The van der Waals surface area contributed by atoms with Crippen LogP contribution in [0.3, 0.4) is 0 Å².